The molecule has 1 heterocycles. The van der Waals surface area contributed by atoms with Crippen LogP contribution >= 0.6 is 15.9 Å². The van der Waals surface area contributed by atoms with Crippen LogP contribution in [0.25, 0.3) is 5.70 Å². The van der Waals surface area contributed by atoms with Crippen molar-refractivity contribution in [3.63, 3.8) is 0 Å². The van der Waals surface area contributed by atoms with E-state index in [2.05, 4.69) is 33.4 Å². The minimum atomic E-state index is -0.387. The third-order valence-electron chi connectivity index (χ3n) is 2.38. The normalized spacial score (nSPS) is 9.95. The fourth-order valence-corrected chi connectivity index (χ4v) is 1.69. The quantitative estimate of drug-likeness (QED) is 0.597. The molecule has 0 fully saturated rings. The van der Waals surface area contributed by atoms with Crippen LogP contribution in [0.15, 0.2) is 52.1 Å². The lowest BCUT2D eigenvalue weighted by molar-refractivity contribution is 0.0913. The number of nitrogen functional groups attached to an aromatic ring is 1. The van der Waals surface area contributed by atoms with Gasteiger partial charge < -0.3 is 10.2 Å². The van der Waals surface area contributed by atoms with Gasteiger partial charge in [0.05, 0.1) is 5.70 Å². The second-order valence-electron chi connectivity index (χ2n) is 3.78. The molecule has 2 aromatic rings. The Morgan fingerprint density at radius 3 is 2.42 bits per heavy atom. The second-order valence-corrected chi connectivity index (χ2v) is 4.57. The Kier molecular flexibility index (Phi) is 3.91. The highest BCUT2D eigenvalue weighted by atomic mass is 79.9. The maximum Gasteiger partial charge on any atom is 0.305 e. The van der Waals surface area contributed by atoms with Crippen LogP contribution in [0.2, 0.25) is 0 Å². The van der Waals surface area contributed by atoms with Crippen LogP contribution in [0.4, 0.5) is 5.69 Å². The van der Waals surface area contributed by atoms with E-state index in [-0.39, 0.29) is 11.7 Å². The molecular formula is C13H12BrN3O2. The summed E-state index contributed by atoms with van der Waals surface area (Å²) in [7, 11) is 0. The summed E-state index contributed by atoms with van der Waals surface area (Å²) in [5, 5.41) is 0. The lowest BCUT2D eigenvalue weighted by Crippen LogP contribution is -2.35. The van der Waals surface area contributed by atoms with Crippen molar-refractivity contribution in [2.75, 3.05) is 5.73 Å². The molecule has 0 bridgehead atoms. The van der Waals surface area contributed by atoms with E-state index in [4.69, 9.17) is 10.2 Å². The Morgan fingerprint density at radius 2 is 1.84 bits per heavy atom. The summed E-state index contributed by atoms with van der Waals surface area (Å²) in [5.41, 5.74) is 12.8. The number of anilines is 1. The van der Waals surface area contributed by atoms with Gasteiger partial charge in [-0.2, -0.15) is 0 Å². The van der Waals surface area contributed by atoms with E-state index in [1.54, 1.807) is 36.4 Å². The molecule has 0 unspecified atom stereocenters. The van der Waals surface area contributed by atoms with Gasteiger partial charge in [0.2, 0.25) is 0 Å². The van der Waals surface area contributed by atoms with Gasteiger partial charge in [-0.3, -0.25) is 15.6 Å². The molecule has 0 aliphatic rings. The first-order valence-corrected chi connectivity index (χ1v) is 6.22. The molecule has 1 aromatic carbocycles. The Labute approximate surface area is 118 Å². The number of hydrogen-bond donors (Lipinski definition) is 3. The topological polar surface area (TPSA) is 80.3 Å². The summed E-state index contributed by atoms with van der Waals surface area (Å²) in [6, 6.07) is 10.3. The highest BCUT2D eigenvalue weighted by Crippen LogP contribution is 2.14. The smallest absolute Gasteiger partial charge is 0.305 e. The van der Waals surface area contributed by atoms with Crippen molar-refractivity contribution in [1.82, 2.24) is 10.9 Å². The van der Waals surface area contributed by atoms with Gasteiger partial charge in [0.15, 0.2) is 10.4 Å². The zero-order chi connectivity index (χ0) is 13.8. The average Bonchev–Trinajstić information content (AvgIpc) is 2.83. The standard InChI is InChI=1S/C13H12BrN3O2/c1-8(9-2-4-10(15)5-3-9)16-17-13(18)11-6-7-12(14)19-11/h2-7,16H,1,15H2,(H,17,18). The second kappa shape index (κ2) is 5.62. The van der Waals surface area contributed by atoms with Gasteiger partial charge in [-0.15, -0.1) is 0 Å². The molecule has 1 aromatic heterocycles. The van der Waals surface area contributed by atoms with Crippen molar-refractivity contribution in [2.24, 2.45) is 0 Å². The summed E-state index contributed by atoms with van der Waals surface area (Å²) in [5.74, 6) is -0.188. The summed E-state index contributed by atoms with van der Waals surface area (Å²) in [6.45, 7) is 3.82. The number of furan rings is 1. The van der Waals surface area contributed by atoms with E-state index < -0.39 is 0 Å². The number of hydrazine groups is 1. The van der Waals surface area contributed by atoms with E-state index in [0.717, 1.165) is 5.56 Å². The van der Waals surface area contributed by atoms with Crippen LogP contribution in [0, 0.1) is 0 Å². The van der Waals surface area contributed by atoms with E-state index in [1.165, 1.54) is 0 Å². The van der Waals surface area contributed by atoms with Crippen LogP contribution in [0.1, 0.15) is 16.1 Å². The summed E-state index contributed by atoms with van der Waals surface area (Å²) in [4.78, 5) is 11.7. The zero-order valence-corrected chi connectivity index (χ0v) is 11.5. The third kappa shape index (κ3) is 3.38. The first kappa shape index (κ1) is 13.2. The summed E-state index contributed by atoms with van der Waals surface area (Å²) in [6.07, 6.45) is 0. The number of benzene rings is 1. The number of carbonyl (C=O) groups excluding carboxylic acids is 1. The fourth-order valence-electron chi connectivity index (χ4n) is 1.39. The molecule has 0 atom stereocenters. The van der Waals surface area contributed by atoms with Gasteiger partial charge in [0.1, 0.15) is 0 Å². The maximum absolute atomic E-state index is 11.7. The van der Waals surface area contributed by atoms with Gasteiger partial charge in [0.25, 0.3) is 0 Å². The third-order valence-corrected chi connectivity index (χ3v) is 2.81. The van der Waals surface area contributed by atoms with Crippen molar-refractivity contribution in [3.05, 3.63) is 59.0 Å². The molecular weight excluding hydrogens is 310 g/mol. The number of nitrogens with two attached hydrogens (primary N) is 1. The molecule has 0 spiro atoms. The largest absolute Gasteiger partial charge is 0.444 e. The van der Waals surface area contributed by atoms with Crippen LogP contribution in [-0.4, -0.2) is 5.91 Å². The van der Waals surface area contributed by atoms with Crippen molar-refractivity contribution in [2.45, 2.75) is 0 Å². The highest BCUT2D eigenvalue weighted by Gasteiger charge is 2.10. The first-order valence-electron chi connectivity index (χ1n) is 5.43. The van der Waals surface area contributed by atoms with Gasteiger partial charge in [-0.25, -0.2) is 0 Å². The highest BCUT2D eigenvalue weighted by molar-refractivity contribution is 9.10. The lowest BCUT2D eigenvalue weighted by atomic mass is 10.2. The molecule has 98 valence electrons. The number of nitrogens with one attached hydrogen (secondary N) is 2. The SMILES string of the molecule is C=C(NNC(=O)c1ccc(Br)o1)c1ccc(N)cc1. The Hall–Kier alpha value is -2.21. The molecule has 6 heteroatoms. The van der Waals surface area contributed by atoms with E-state index in [9.17, 15) is 4.79 Å². The summed E-state index contributed by atoms with van der Waals surface area (Å²) >= 11 is 3.13. The number of halogens is 1. The number of carbonyl (C=O) groups is 1. The van der Waals surface area contributed by atoms with Gasteiger partial charge in [0, 0.05) is 5.69 Å². The van der Waals surface area contributed by atoms with E-state index >= 15 is 0 Å². The Morgan fingerprint density at radius 1 is 1.16 bits per heavy atom. The average molecular weight is 322 g/mol. The maximum atomic E-state index is 11.7. The molecule has 0 aliphatic carbocycles. The Bertz CT molecular complexity index is 605. The molecule has 0 saturated heterocycles. The van der Waals surface area contributed by atoms with Crippen LogP contribution in [0.3, 0.4) is 0 Å². The van der Waals surface area contributed by atoms with E-state index in [1.807, 2.05) is 0 Å². The predicted molar refractivity (Wildman–Crippen MR) is 76.9 cm³/mol. The first-order chi connectivity index (χ1) is 9.06. The van der Waals surface area contributed by atoms with Crippen molar-refractivity contribution >= 4 is 33.2 Å². The minimum absolute atomic E-state index is 0.199. The van der Waals surface area contributed by atoms with Crippen LogP contribution in [0.5, 0.6) is 0 Å². The summed E-state index contributed by atoms with van der Waals surface area (Å²) < 4.78 is 5.61. The number of amides is 1. The monoisotopic (exact) mass is 321 g/mol. The van der Waals surface area contributed by atoms with Crippen molar-refractivity contribution in [1.29, 1.82) is 0 Å². The zero-order valence-electron chi connectivity index (χ0n) is 9.94. The van der Waals surface area contributed by atoms with Crippen LogP contribution < -0.4 is 16.6 Å². The minimum Gasteiger partial charge on any atom is -0.444 e. The molecule has 0 aliphatic heterocycles. The van der Waals surface area contributed by atoms with Crippen molar-refractivity contribution in [3.8, 4) is 0 Å². The van der Waals surface area contributed by atoms with Gasteiger partial charge in [-0.1, -0.05) is 18.7 Å². The Balaban J connectivity index is 1.93. The lowest BCUT2D eigenvalue weighted by Gasteiger charge is -2.10. The molecule has 1 amide bonds. The molecule has 2 rings (SSSR count). The molecule has 0 radical (unpaired) electrons. The molecule has 4 N–H and O–H groups in total. The molecule has 0 saturated carbocycles. The number of rotatable bonds is 4. The number of hydrogen-bond acceptors (Lipinski definition) is 4. The predicted octanol–water partition coefficient (Wildman–Crippen LogP) is 2.53. The van der Waals surface area contributed by atoms with Crippen LogP contribution in [-0.2, 0) is 0 Å². The van der Waals surface area contributed by atoms with Gasteiger partial charge >= 0.3 is 5.91 Å². The molecule has 5 nitrogen and oxygen atoms in total. The molecule has 19 heavy (non-hydrogen) atoms. The van der Waals surface area contributed by atoms with Gasteiger partial charge in [-0.05, 0) is 45.8 Å². The van der Waals surface area contributed by atoms with Crippen molar-refractivity contribution < 1.29 is 9.21 Å². The van der Waals surface area contributed by atoms with E-state index in [0.29, 0.717) is 16.1 Å². The fraction of sp³-hybridized carbons (Fsp3) is 0.